The lowest BCUT2D eigenvalue weighted by Gasteiger charge is -2.08. The zero-order valence-corrected chi connectivity index (χ0v) is 16.0. The molecular formula is C18H20F2N6O3. The number of amides is 2. The molecule has 0 bridgehead atoms. The first-order valence-electron chi connectivity index (χ1n) is 8.35. The van der Waals surface area contributed by atoms with Gasteiger partial charge < -0.3 is 26.8 Å². The monoisotopic (exact) mass is 406 g/mol. The molecule has 6 N–H and O–H groups in total. The Labute approximate surface area is 164 Å². The number of nitrogens with zero attached hydrogens (tertiary/aromatic N) is 2. The number of halogens is 2. The summed E-state index contributed by atoms with van der Waals surface area (Å²) in [6.07, 6.45) is 0. The third-order valence-corrected chi connectivity index (χ3v) is 4.35. The van der Waals surface area contributed by atoms with Crippen LogP contribution in [0.1, 0.15) is 32.1 Å². The molecule has 9 nitrogen and oxygen atoms in total. The molecule has 1 heterocycles. The molecule has 0 aliphatic rings. The first kappa shape index (κ1) is 21.5. The molecule has 0 aliphatic heterocycles. The van der Waals surface area contributed by atoms with Crippen LogP contribution in [0.15, 0.2) is 23.3 Å². The van der Waals surface area contributed by atoms with E-state index in [1.807, 2.05) is 0 Å². The Hall–Kier alpha value is -3.76. The smallest absolute Gasteiger partial charge is 0.292 e. The second-order valence-electron chi connectivity index (χ2n) is 6.21. The third-order valence-electron chi connectivity index (χ3n) is 4.35. The van der Waals surface area contributed by atoms with E-state index in [1.165, 1.54) is 24.6 Å². The van der Waals surface area contributed by atoms with E-state index >= 15 is 0 Å². The van der Waals surface area contributed by atoms with Crippen LogP contribution in [0.25, 0.3) is 0 Å². The van der Waals surface area contributed by atoms with Crippen LogP contribution in [-0.2, 0) is 11.8 Å². The van der Waals surface area contributed by atoms with Gasteiger partial charge in [0, 0.05) is 24.5 Å². The molecule has 0 saturated heterocycles. The van der Waals surface area contributed by atoms with Gasteiger partial charge in [0.15, 0.2) is 11.6 Å². The number of hydrazone groups is 1. The fourth-order valence-electron chi connectivity index (χ4n) is 2.81. The van der Waals surface area contributed by atoms with Crippen molar-refractivity contribution in [2.45, 2.75) is 13.8 Å². The standard InChI is InChI=1S/C18H20F2N6O3/c1-8-14(16(27)18(29)23-7-13(21)25-22)9(2)26(3)15(8)17(28)24-10-4-5-11(19)12(20)6-10/h4-6H,7,22H2,1-3H3,(H2,21,25)(H,23,29)(H,24,28). The zero-order chi connectivity index (χ0) is 21.9. The van der Waals surface area contributed by atoms with Crippen LogP contribution < -0.4 is 22.2 Å². The summed E-state index contributed by atoms with van der Waals surface area (Å²) in [7, 11) is 1.54. The summed E-state index contributed by atoms with van der Waals surface area (Å²) < 4.78 is 27.8. The number of carbonyl (C=O) groups excluding carboxylic acids is 3. The quantitative estimate of drug-likeness (QED) is 0.139. The molecule has 2 aromatic rings. The summed E-state index contributed by atoms with van der Waals surface area (Å²) >= 11 is 0. The van der Waals surface area contributed by atoms with Crippen molar-refractivity contribution in [1.29, 1.82) is 0 Å². The summed E-state index contributed by atoms with van der Waals surface area (Å²) in [6, 6.07) is 2.91. The number of carbonyl (C=O) groups is 3. The lowest BCUT2D eigenvalue weighted by Crippen LogP contribution is -2.38. The summed E-state index contributed by atoms with van der Waals surface area (Å²) in [5.41, 5.74) is 6.17. The van der Waals surface area contributed by atoms with Crippen LogP contribution in [0.2, 0.25) is 0 Å². The Bertz CT molecular complexity index is 1030. The molecule has 1 aromatic carbocycles. The third kappa shape index (κ3) is 4.39. The van der Waals surface area contributed by atoms with Gasteiger partial charge in [-0.15, -0.1) is 0 Å². The normalized spacial score (nSPS) is 11.3. The molecule has 29 heavy (non-hydrogen) atoms. The van der Waals surface area contributed by atoms with E-state index in [-0.39, 0.29) is 34.9 Å². The topological polar surface area (TPSA) is 145 Å². The van der Waals surface area contributed by atoms with E-state index in [2.05, 4.69) is 15.7 Å². The molecule has 0 radical (unpaired) electrons. The molecule has 0 saturated carbocycles. The number of nitrogens with two attached hydrogens (primary N) is 2. The van der Waals surface area contributed by atoms with E-state index in [9.17, 15) is 23.2 Å². The van der Waals surface area contributed by atoms with Gasteiger partial charge in [-0.05, 0) is 31.5 Å². The van der Waals surface area contributed by atoms with Crippen molar-refractivity contribution in [2.24, 2.45) is 23.7 Å². The first-order chi connectivity index (χ1) is 13.6. The van der Waals surface area contributed by atoms with Gasteiger partial charge in [-0.2, -0.15) is 5.10 Å². The average molecular weight is 406 g/mol. The second kappa shape index (κ2) is 8.50. The highest BCUT2D eigenvalue weighted by Gasteiger charge is 2.28. The van der Waals surface area contributed by atoms with Gasteiger partial charge in [0.25, 0.3) is 17.6 Å². The van der Waals surface area contributed by atoms with Gasteiger partial charge in [-0.1, -0.05) is 0 Å². The van der Waals surface area contributed by atoms with Crippen LogP contribution in [0.4, 0.5) is 14.5 Å². The number of Topliss-reactive ketones (excluding diaryl/α,β-unsaturated/α-hetero) is 1. The van der Waals surface area contributed by atoms with Crippen molar-refractivity contribution in [3.05, 3.63) is 52.3 Å². The Morgan fingerprint density at radius 2 is 1.83 bits per heavy atom. The number of nitrogens with one attached hydrogen (secondary N) is 2. The Morgan fingerprint density at radius 1 is 1.17 bits per heavy atom. The highest BCUT2D eigenvalue weighted by atomic mass is 19.2. The number of amidine groups is 1. The predicted molar refractivity (Wildman–Crippen MR) is 102 cm³/mol. The minimum atomic E-state index is -1.12. The Kier molecular flexibility index (Phi) is 6.32. The summed E-state index contributed by atoms with van der Waals surface area (Å²) in [6.45, 7) is 2.86. The van der Waals surface area contributed by atoms with E-state index < -0.39 is 29.2 Å². The van der Waals surface area contributed by atoms with Crippen LogP contribution in [-0.4, -0.2) is 34.5 Å². The Morgan fingerprint density at radius 3 is 2.41 bits per heavy atom. The highest BCUT2D eigenvalue weighted by Crippen LogP contribution is 2.23. The van der Waals surface area contributed by atoms with Gasteiger partial charge in [-0.25, -0.2) is 8.78 Å². The zero-order valence-electron chi connectivity index (χ0n) is 16.0. The van der Waals surface area contributed by atoms with E-state index in [4.69, 9.17) is 11.6 Å². The van der Waals surface area contributed by atoms with Gasteiger partial charge >= 0.3 is 0 Å². The predicted octanol–water partition coefficient (Wildman–Crippen LogP) is 0.702. The van der Waals surface area contributed by atoms with Gasteiger partial charge in [0.2, 0.25) is 0 Å². The molecule has 1 aromatic heterocycles. The van der Waals surface area contributed by atoms with Crippen molar-refractivity contribution in [1.82, 2.24) is 9.88 Å². The lowest BCUT2D eigenvalue weighted by atomic mass is 10.0. The lowest BCUT2D eigenvalue weighted by molar-refractivity contribution is -0.116. The van der Waals surface area contributed by atoms with E-state index in [0.29, 0.717) is 5.69 Å². The minimum Gasteiger partial charge on any atom is -0.384 e. The molecule has 0 spiro atoms. The fraction of sp³-hybridized carbons (Fsp3) is 0.222. The highest BCUT2D eigenvalue weighted by molar-refractivity contribution is 6.44. The molecule has 2 amide bonds. The van der Waals surface area contributed by atoms with Crippen LogP contribution >= 0.6 is 0 Å². The number of benzene rings is 1. The number of anilines is 1. The van der Waals surface area contributed by atoms with Gasteiger partial charge in [0.05, 0.1) is 12.1 Å². The Balaban J connectivity index is 2.31. The summed E-state index contributed by atoms with van der Waals surface area (Å²) in [4.78, 5) is 37.3. The molecule has 2 rings (SSSR count). The van der Waals surface area contributed by atoms with Crippen molar-refractivity contribution in [2.75, 3.05) is 11.9 Å². The van der Waals surface area contributed by atoms with Crippen molar-refractivity contribution in [3.63, 3.8) is 0 Å². The molecular weight excluding hydrogens is 386 g/mol. The average Bonchev–Trinajstić information content (AvgIpc) is 2.90. The maximum Gasteiger partial charge on any atom is 0.292 e. The molecule has 0 fully saturated rings. The van der Waals surface area contributed by atoms with Crippen LogP contribution in [0, 0.1) is 25.5 Å². The second-order valence-corrected chi connectivity index (χ2v) is 6.21. The van der Waals surface area contributed by atoms with Crippen molar-refractivity contribution in [3.8, 4) is 0 Å². The number of rotatable bonds is 6. The molecule has 0 unspecified atom stereocenters. The first-order valence-corrected chi connectivity index (χ1v) is 8.35. The van der Waals surface area contributed by atoms with E-state index in [1.54, 1.807) is 6.92 Å². The van der Waals surface area contributed by atoms with Crippen molar-refractivity contribution >= 4 is 29.1 Å². The maximum absolute atomic E-state index is 13.4. The number of hydrogen-bond donors (Lipinski definition) is 4. The molecule has 11 heteroatoms. The summed E-state index contributed by atoms with van der Waals surface area (Å²) in [5.74, 6) is 0.266. The molecule has 0 aliphatic carbocycles. The molecule has 154 valence electrons. The number of ketones is 1. The van der Waals surface area contributed by atoms with Crippen LogP contribution in [0.5, 0.6) is 0 Å². The van der Waals surface area contributed by atoms with E-state index in [0.717, 1.165) is 12.1 Å². The molecule has 0 atom stereocenters. The van der Waals surface area contributed by atoms with Gasteiger partial charge in [0.1, 0.15) is 11.5 Å². The van der Waals surface area contributed by atoms with Crippen molar-refractivity contribution < 1.29 is 23.2 Å². The number of aromatic nitrogens is 1. The minimum absolute atomic E-state index is 0.0364. The number of hydrogen-bond acceptors (Lipinski definition) is 5. The largest absolute Gasteiger partial charge is 0.384 e. The summed E-state index contributed by atoms with van der Waals surface area (Å²) in [5, 5.41) is 7.91. The van der Waals surface area contributed by atoms with Gasteiger partial charge in [-0.3, -0.25) is 14.4 Å². The SMILES string of the molecule is Cc1c(C(=O)C(=O)NC/C(N)=N/N)c(C)n(C)c1C(=O)Nc1ccc(F)c(F)c1. The fourth-order valence-corrected chi connectivity index (χ4v) is 2.81. The maximum atomic E-state index is 13.4. The van der Waals surface area contributed by atoms with Crippen LogP contribution in [0.3, 0.4) is 0 Å².